The molecule has 2 aromatic carbocycles. The van der Waals surface area contributed by atoms with Crippen molar-refractivity contribution in [3.8, 4) is 11.5 Å². The molecule has 0 spiro atoms. The second-order valence-corrected chi connectivity index (χ2v) is 6.41. The zero-order valence-electron chi connectivity index (χ0n) is 13.8. The van der Waals surface area contributed by atoms with Crippen molar-refractivity contribution in [1.82, 2.24) is 4.90 Å². The summed E-state index contributed by atoms with van der Waals surface area (Å²) in [4.78, 5) is 14.3. The van der Waals surface area contributed by atoms with E-state index in [0.717, 1.165) is 10.2 Å². The number of para-hydroxylation sites is 1. The van der Waals surface area contributed by atoms with Crippen LogP contribution in [-0.2, 0) is 4.74 Å². The van der Waals surface area contributed by atoms with E-state index in [0.29, 0.717) is 50.8 Å². The second kappa shape index (κ2) is 8.87. The number of hydrogen-bond donors (Lipinski definition) is 0. The summed E-state index contributed by atoms with van der Waals surface area (Å²) >= 11 is 3.48. The van der Waals surface area contributed by atoms with Crippen LogP contribution in [-0.4, -0.2) is 50.3 Å². The SMILES string of the molecule is O=C(c1ccc(OCCOc2ccccc2)c(Br)c1)N1CCOCC1. The molecule has 0 unspecified atom stereocenters. The molecule has 1 saturated heterocycles. The van der Waals surface area contributed by atoms with Gasteiger partial charge in [-0.2, -0.15) is 0 Å². The summed E-state index contributed by atoms with van der Waals surface area (Å²) in [7, 11) is 0. The van der Waals surface area contributed by atoms with E-state index in [1.165, 1.54) is 0 Å². The van der Waals surface area contributed by atoms with E-state index in [1.807, 2.05) is 30.3 Å². The van der Waals surface area contributed by atoms with Crippen LogP contribution in [0.15, 0.2) is 53.0 Å². The van der Waals surface area contributed by atoms with Crippen molar-refractivity contribution in [1.29, 1.82) is 0 Å². The molecule has 1 heterocycles. The molecular formula is C19H20BrNO4. The van der Waals surface area contributed by atoms with Gasteiger partial charge in [0.2, 0.25) is 0 Å². The van der Waals surface area contributed by atoms with Gasteiger partial charge in [-0.15, -0.1) is 0 Å². The Morgan fingerprint density at radius 1 is 1.04 bits per heavy atom. The molecule has 25 heavy (non-hydrogen) atoms. The van der Waals surface area contributed by atoms with E-state index < -0.39 is 0 Å². The van der Waals surface area contributed by atoms with Gasteiger partial charge < -0.3 is 19.1 Å². The molecule has 1 amide bonds. The van der Waals surface area contributed by atoms with Crippen LogP contribution in [0.4, 0.5) is 0 Å². The zero-order valence-corrected chi connectivity index (χ0v) is 15.4. The van der Waals surface area contributed by atoms with Gasteiger partial charge in [-0.05, 0) is 46.3 Å². The first-order valence-electron chi connectivity index (χ1n) is 8.21. The standard InChI is InChI=1S/C19H20BrNO4/c20-17-14-15(19(22)21-8-10-23-11-9-21)6-7-18(17)25-13-12-24-16-4-2-1-3-5-16/h1-7,14H,8-13H2. The Kier molecular flexibility index (Phi) is 6.30. The summed E-state index contributed by atoms with van der Waals surface area (Å²) < 4.78 is 17.4. The number of morpholine rings is 1. The number of benzene rings is 2. The third kappa shape index (κ3) is 4.96. The summed E-state index contributed by atoms with van der Waals surface area (Å²) in [6.45, 7) is 3.32. The van der Waals surface area contributed by atoms with Gasteiger partial charge in [0.05, 0.1) is 17.7 Å². The predicted molar refractivity (Wildman–Crippen MR) is 98.3 cm³/mol. The quantitative estimate of drug-likeness (QED) is 0.691. The van der Waals surface area contributed by atoms with Crippen molar-refractivity contribution in [2.45, 2.75) is 0 Å². The molecule has 0 aliphatic carbocycles. The van der Waals surface area contributed by atoms with Crippen molar-refractivity contribution >= 4 is 21.8 Å². The lowest BCUT2D eigenvalue weighted by molar-refractivity contribution is 0.0303. The third-order valence-electron chi connectivity index (χ3n) is 3.83. The molecule has 0 radical (unpaired) electrons. The molecule has 0 atom stereocenters. The number of hydrogen-bond acceptors (Lipinski definition) is 4. The van der Waals surface area contributed by atoms with Crippen molar-refractivity contribution in [3.05, 3.63) is 58.6 Å². The number of ether oxygens (including phenoxy) is 3. The molecule has 2 aromatic rings. The summed E-state index contributed by atoms with van der Waals surface area (Å²) in [5.41, 5.74) is 0.640. The highest BCUT2D eigenvalue weighted by Gasteiger charge is 2.19. The van der Waals surface area contributed by atoms with Crippen LogP contribution in [0.25, 0.3) is 0 Å². The molecule has 6 heteroatoms. The minimum Gasteiger partial charge on any atom is -0.490 e. The van der Waals surface area contributed by atoms with Crippen LogP contribution in [0.2, 0.25) is 0 Å². The number of nitrogens with zero attached hydrogens (tertiary/aromatic N) is 1. The summed E-state index contributed by atoms with van der Waals surface area (Å²) in [5.74, 6) is 1.52. The minimum absolute atomic E-state index is 0.0166. The van der Waals surface area contributed by atoms with E-state index >= 15 is 0 Å². The van der Waals surface area contributed by atoms with Crippen LogP contribution in [0.1, 0.15) is 10.4 Å². The molecule has 1 aliphatic rings. The Balaban J connectivity index is 1.52. The van der Waals surface area contributed by atoms with Crippen molar-refractivity contribution < 1.29 is 19.0 Å². The first kappa shape index (κ1) is 17.8. The Morgan fingerprint density at radius 3 is 2.48 bits per heavy atom. The Hall–Kier alpha value is -2.05. The normalized spacial score (nSPS) is 14.2. The highest BCUT2D eigenvalue weighted by Crippen LogP contribution is 2.26. The van der Waals surface area contributed by atoms with Crippen LogP contribution < -0.4 is 9.47 Å². The molecule has 1 fully saturated rings. The van der Waals surface area contributed by atoms with Gasteiger partial charge in [-0.1, -0.05) is 18.2 Å². The van der Waals surface area contributed by atoms with Gasteiger partial charge in [0.15, 0.2) is 0 Å². The highest BCUT2D eigenvalue weighted by molar-refractivity contribution is 9.10. The largest absolute Gasteiger partial charge is 0.490 e. The second-order valence-electron chi connectivity index (χ2n) is 5.56. The van der Waals surface area contributed by atoms with Gasteiger partial charge in [0, 0.05) is 18.7 Å². The zero-order chi connectivity index (χ0) is 17.5. The van der Waals surface area contributed by atoms with E-state index in [4.69, 9.17) is 14.2 Å². The monoisotopic (exact) mass is 405 g/mol. The van der Waals surface area contributed by atoms with Crippen molar-refractivity contribution in [2.75, 3.05) is 39.5 Å². The molecule has 0 N–H and O–H groups in total. The van der Waals surface area contributed by atoms with Crippen molar-refractivity contribution in [2.24, 2.45) is 0 Å². The van der Waals surface area contributed by atoms with Crippen molar-refractivity contribution in [3.63, 3.8) is 0 Å². The lowest BCUT2D eigenvalue weighted by Crippen LogP contribution is -2.40. The van der Waals surface area contributed by atoms with E-state index in [9.17, 15) is 4.79 Å². The predicted octanol–water partition coefficient (Wildman–Crippen LogP) is 3.38. The van der Waals surface area contributed by atoms with Crippen LogP contribution in [0.3, 0.4) is 0 Å². The first-order chi connectivity index (χ1) is 12.2. The smallest absolute Gasteiger partial charge is 0.254 e. The summed E-state index contributed by atoms with van der Waals surface area (Å²) in [6, 6.07) is 15.0. The Labute approximate surface area is 155 Å². The molecular weight excluding hydrogens is 386 g/mol. The van der Waals surface area contributed by atoms with Crippen LogP contribution in [0, 0.1) is 0 Å². The fraction of sp³-hybridized carbons (Fsp3) is 0.316. The number of rotatable bonds is 6. The maximum Gasteiger partial charge on any atom is 0.254 e. The number of amides is 1. The van der Waals surface area contributed by atoms with E-state index in [2.05, 4.69) is 15.9 Å². The number of carbonyl (C=O) groups excluding carboxylic acids is 1. The lowest BCUT2D eigenvalue weighted by Gasteiger charge is -2.27. The molecule has 1 aliphatic heterocycles. The first-order valence-corrected chi connectivity index (χ1v) is 9.00. The fourth-order valence-electron chi connectivity index (χ4n) is 2.53. The summed E-state index contributed by atoms with van der Waals surface area (Å²) in [5, 5.41) is 0. The minimum atomic E-state index is 0.0166. The molecule has 3 rings (SSSR count). The van der Waals surface area contributed by atoms with Gasteiger partial charge in [0.25, 0.3) is 5.91 Å². The number of halogens is 1. The van der Waals surface area contributed by atoms with E-state index in [-0.39, 0.29) is 5.91 Å². The van der Waals surface area contributed by atoms with E-state index in [1.54, 1.807) is 23.1 Å². The lowest BCUT2D eigenvalue weighted by atomic mass is 10.2. The average Bonchev–Trinajstić information content (AvgIpc) is 2.67. The molecule has 0 aromatic heterocycles. The molecule has 132 valence electrons. The maximum atomic E-state index is 12.5. The molecule has 0 saturated carbocycles. The third-order valence-corrected chi connectivity index (χ3v) is 4.45. The van der Waals surface area contributed by atoms with Crippen LogP contribution >= 0.6 is 15.9 Å². The fourth-order valence-corrected chi connectivity index (χ4v) is 3.02. The number of carbonyl (C=O) groups is 1. The average molecular weight is 406 g/mol. The van der Waals surface area contributed by atoms with Gasteiger partial charge >= 0.3 is 0 Å². The van der Waals surface area contributed by atoms with Gasteiger partial charge in [-0.3, -0.25) is 4.79 Å². The summed E-state index contributed by atoms with van der Waals surface area (Å²) in [6.07, 6.45) is 0. The van der Waals surface area contributed by atoms with Gasteiger partial charge in [-0.25, -0.2) is 0 Å². The molecule has 0 bridgehead atoms. The molecule has 5 nitrogen and oxygen atoms in total. The highest BCUT2D eigenvalue weighted by atomic mass is 79.9. The topological polar surface area (TPSA) is 48.0 Å². The maximum absolute atomic E-state index is 12.5. The van der Waals surface area contributed by atoms with Crippen LogP contribution in [0.5, 0.6) is 11.5 Å². The Bertz CT molecular complexity index is 702. The Morgan fingerprint density at radius 2 is 1.76 bits per heavy atom. The van der Waals surface area contributed by atoms with Gasteiger partial charge in [0.1, 0.15) is 24.7 Å².